The highest BCUT2D eigenvalue weighted by molar-refractivity contribution is 14.1. The van der Waals surface area contributed by atoms with Gasteiger partial charge in [0.25, 0.3) is 0 Å². The standard InChI is InChI=1S/C12H18IO3PS/c13-12-8-6-11(7-9-12)5-3-1-2-4-10-16-17(14,15)18/h6-9H,1-5,10H2,(H2,14,15,18). The summed E-state index contributed by atoms with van der Waals surface area (Å²) in [7, 11) is 0. The normalized spacial score (nSPS) is 11.7. The van der Waals surface area contributed by atoms with Gasteiger partial charge in [-0.15, -0.1) is 0 Å². The Morgan fingerprint density at radius 1 is 1.06 bits per heavy atom. The van der Waals surface area contributed by atoms with Gasteiger partial charge >= 0.3 is 6.72 Å². The van der Waals surface area contributed by atoms with E-state index < -0.39 is 6.72 Å². The summed E-state index contributed by atoms with van der Waals surface area (Å²) in [6, 6.07) is 8.58. The van der Waals surface area contributed by atoms with E-state index in [-0.39, 0.29) is 0 Å². The van der Waals surface area contributed by atoms with Gasteiger partial charge < -0.3 is 14.3 Å². The van der Waals surface area contributed by atoms with Gasteiger partial charge in [0.2, 0.25) is 0 Å². The van der Waals surface area contributed by atoms with Crippen LogP contribution in [0.25, 0.3) is 0 Å². The summed E-state index contributed by atoms with van der Waals surface area (Å²) in [5, 5.41) is 0. The smallest absolute Gasteiger partial charge is 0.321 e. The zero-order valence-electron chi connectivity index (χ0n) is 10.1. The first-order valence-corrected chi connectivity index (χ1v) is 9.62. The first kappa shape index (κ1) is 16.5. The van der Waals surface area contributed by atoms with Crippen LogP contribution in [0.3, 0.4) is 0 Å². The van der Waals surface area contributed by atoms with Crippen LogP contribution in [0, 0.1) is 3.57 Å². The van der Waals surface area contributed by atoms with Gasteiger partial charge in [-0.2, -0.15) is 0 Å². The highest BCUT2D eigenvalue weighted by Gasteiger charge is 2.06. The van der Waals surface area contributed by atoms with Crippen LogP contribution in [-0.4, -0.2) is 16.4 Å². The van der Waals surface area contributed by atoms with Crippen LogP contribution in [0.5, 0.6) is 0 Å². The van der Waals surface area contributed by atoms with E-state index in [9.17, 15) is 0 Å². The summed E-state index contributed by atoms with van der Waals surface area (Å²) in [5.74, 6) is 0. The zero-order valence-corrected chi connectivity index (χ0v) is 14.0. The lowest BCUT2D eigenvalue weighted by atomic mass is 10.1. The number of rotatable bonds is 8. The summed E-state index contributed by atoms with van der Waals surface area (Å²) >= 11 is 6.66. The maximum atomic E-state index is 8.85. The van der Waals surface area contributed by atoms with E-state index in [2.05, 4.69) is 58.7 Å². The molecule has 0 amide bonds. The molecule has 0 aliphatic heterocycles. The average molecular weight is 400 g/mol. The number of halogens is 1. The van der Waals surface area contributed by atoms with Gasteiger partial charge in [0.05, 0.1) is 6.61 Å². The van der Waals surface area contributed by atoms with Crippen LogP contribution in [0.1, 0.15) is 31.2 Å². The zero-order chi connectivity index (χ0) is 13.4. The Morgan fingerprint density at radius 3 is 2.28 bits per heavy atom. The second-order valence-corrected chi connectivity index (χ2v) is 8.03. The molecule has 0 atom stereocenters. The Hall–Kier alpha value is 0.480. The summed E-state index contributed by atoms with van der Waals surface area (Å²) in [4.78, 5) is 17.7. The number of hydrogen-bond donors (Lipinski definition) is 2. The summed E-state index contributed by atoms with van der Waals surface area (Å²) in [6.45, 7) is -3.10. The fourth-order valence-corrected chi connectivity index (χ4v) is 2.57. The molecule has 0 aromatic heterocycles. The van der Waals surface area contributed by atoms with Gasteiger partial charge in [-0.25, -0.2) is 0 Å². The van der Waals surface area contributed by atoms with Gasteiger partial charge in [0.15, 0.2) is 0 Å². The van der Waals surface area contributed by atoms with Crippen molar-refractivity contribution >= 4 is 41.1 Å². The molecule has 102 valence electrons. The molecule has 0 bridgehead atoms. The maximum absolute atomic E-state index is 8.85. The number of unbranched alkanes of at least 4 members (excludes halogenated alkanes) is 3. The number of hydrogen-bond acceptors (Lipinski definition) is 2. The Kier molecular flexibility index (Phi) is 7.91. The topological polar surface area (TPSA) is 49.7 Å². The molecule has 6 heteroatoms. The molecule has 3 nitrogen and oxygen atoms in total. The number of benzene rings is 1. The molecule has 0 saturated heterocycles. The van der Waals surface area contributed by atoms with Crippen LogP contribution >= 0.6 is 29.3 Å². The monoisotopic (exact) mass is 400 g/mol. The SMILES string of the molecule is OP(O)(=S)OCCCCCCc1ccc(I)cc1. The molecule has 1 rings (SSSR count). The van der Waals surface area contributed by atoms with Crippen molar-refractivity contribution in [2.24, 2.45) is 0 Å². The van der Waals surface area contributed by atoms with Crippen LogP contribution in [-0.2, 0) is 22.8 Å². The minimum Gasteiger partial charge on any atom is -0.325 e. The van der Waals surface area contributed by atoms with E-state index in [1.807, 2.05) is 0 Å². The third-order valence-corrected chi connectivity index (χ3v) is 4.09. The fourth-order valence-electron chi connectivity index (χ4n) is 1.62. The summed E-state index contributed by atoms with van der Waals surface area (Å²) in [5.41, 5.74) is 1.37. The molecule has 0 saturated carbocycles. The first-order valence-electron chi connectivity index (χ1n) is 5.92. The molecule has 0 heterocycles. The lowest BCUT2D eigenvalue weighted by molar-refractivity contribution is 0.245. The molecular formula is C12H18IO3PS. The quantitative estimate of drug-likeness (QED) is 0.398. The molecule has 18 heavy (non-hydrogen) atoms. The van der Waals surface area contributed by atoms with Gasteiger partial charge in [0, 0.05) is 3.57 Å². The Morgan fingerprint density at radius 2 is 1.67 bits per heavy atom. The highest BCUT2D eigenvalue weighted by atomic mass is 127. The van der Waals surface area contributed by atoms with Crippen LogP contribution in [0.4, 0.5) is 0 Å². The maximum Gasteiger partial charge on any atom is 0.321 e. The van der Waals surface area contributed by atoms with Crippen molar-refractivity contribution in [1.29, 1.82) is 0 Å². The highest BCUT2D eigenvalue weighted by Crippen LogP contribution is 2.36. The van der Waals surface area contributed by atoms with Gasteiger partial charge in [0.1, 0.15) is 0 Å². The Bertz CT molecular complexity index is 391. The Balaban J connectivity index is 2.02. The van der Waals surface area contributed by atoms with Gasteiger partial charge in [-0.05, 0) is 71.4 Å². The van der Waals surface area contributed by atoms with E-state index in [0.717, 1.165) is 32.1 Å². The van der Waals surface area contributed by atoms with E-state index in [1.54, 1.807) is 0 Å². The van der Waals surface area contributed by atoms with Crippen molar-refractivity contribution in [3.05, 3.63) is 33.4 Å². The molecule has 0 radical (unpaired) electrons. The van der Waals surface area contributed by atoms with E-state index in [4.69, 9.17) is 14.3 Å². The molecule has 0 fully saturated rings. The first-order chi connectivity index (χ1) is 8.47. The third kappa shape index (κ3) is 8.56. The summed E-state index contributed by atoms with van der Waals surface area (Å²) < 4.78 is 6.00. The molecule has 0 aliphatic carbocycles. The molecule has 2 N–H and O–H groups in total. The minimum absolute atomic E-state index is 0.341. The lowest BCUT2D eigenvalue weighted by Gasteiger charge is -2.07. The van der Waals surface area contributed by atoms with Crippen molar-refractivity contribution in [1.82, 2.24) is 0 Å². The van der Waals surface area contributed by atoms with Crippen LogP contribution < -0.4 is 0 Å². The lowest BCUT2D eigenvalue weighted by Crippen LogP contribution is -1.92. The van der Waals surface area contributed by atoms with Gasteiger partial charge in [-0.3, -0.25) is 0 Å². The average Bonchev–Trinajstić information content (AvgIpc) is 2.29. The predicted molar refractivity (Wildman–Crippen MR) is 86.0 cm³/mol. The van der Waals surface area contributed by atoms with Crippen molar-refractivity contribution in [3.63, 3.8) is 0 Å². The second-order valence-electron chi connectivity index (χ2n) is 4.11. The Labute approximate surface area is 127 Å². The van der Waals surface area contributed by atoms with E-state index in [1.165, 1.54) is 9.13 Å². The molecule has 0 spiro atoms. The van der Waals surface area contributed by atoms with Crippen molar-refractivity contribution < 1.29 is 14.3 Å². The van der Waals surface area contributed by atoms with Crippen molar-refractivity contribution in [2.45, 2.75) is 32.1 Å². The molecular weight excluding hydrogens is 382 g/mol. The predicted octanol–water partition coefficient (Wildman–Crippen LogP) is 3.62. The molecule has 1 aromatic carbocycles. The molecule has 0 unspecified atom stereocenters. The van der Waals surface area contributed by atoms with Crippen molar-refractivity contribution in [3.8, 4) is 0 Å². The molecule has 1 aromatic rings. The van der Waals surface area contributed by atoms with Crippen LogP contribution in [0.2, 0.25) is 0 Å². The molecule has 0 aliphatic rings. The van der Waals surface area contributed by atoms with E-state index in [0.29, 0.717) is 6.61 Å². The fraction of sp³-hybridized carbons (Fsp3) is 0.500. The minimum atomic E-state index is -3.44. The van der Waals surface area contributed by atoms with Crippen molar-refractivity contribution in [2.75, 3.05) is 6.61 Å². The van der Waals surface area contributed by atoms with E-state index >= 15 is 0 Å². The largest absolute Gasteiger partial charge is 0.325 e. The third-order valence-electron chi connectivity index (χ3n) is 2.53. The second kappa shape index (κ2) is 8.61. The van der Waals surface area contributed by atoms with Crippen LogP contribution in [0.15, 0.2) is 24.3 Å². The summed E-state index contributed by atoms with van der Waals surface area (Å²) in [6.07, 6.45) is 5.21. The number of aryl methyl sites for hydroxylation is 1. The van der Waals surface area contributed by atoms with Gasteiger partial charge in [-0.1, -0.05) is 25.0 Å².